The molecule has 5 heteroatoms. The third-order valence-electron chi connectivity index (χ3n) is 2.14. The van der Waals surface area contributed by atoms with Gasteiger partial charge in [-0.15, -0.1) is 11.3 Å². The first-order valence-corrected chi connectivity index (χ1v) is 6.69. The van der Waals surface area contributed by atoms with Gasteiger partial charge in [0.1, 0.15) is 0 Å². The highest BCUT2D eigenvalue weighted by atomic mass is 35.5. The van der Waals surface area contributed by atoms with E-state index < -0.39 is 6.10 Å². The zero-order chi connectivity index (χ0) is 13.1. The summed E-state index contributed by atoms with van der Waals surface area (Å²) < 4.78 is 0.588. The molecule has 2 N–H and O–H groups in total. The Bertz CT molecular complexity index is 384. The van der Waals surface area contributed by atoms with Crippen LogP contribution in [0.1, 0.15) is 36.9 Å². The molecule has 0 bridgehead atoms. The first-order valence-electron chi connectivity index (χ1n) is 5.49. The van der Waals surface area contributed by atoms with E-state index in [0.717, 1.165) is 0 Å². The Balaban J connectivity index is 2.38. The Kier molecular flexibility index (Phi) is 4.98. The van der Waals surface area contributed by atoms with Gasteiger partial charge in [-0.1, -0.05) is 32.4 Å². The molecule has 0 aliphatic rings. The van der Waals surface area contributed by atoms with E-state index in [1.807, 2.05) is 0 Å². The van der Waals surface area contributed by atoms with Gasteiger partial charge in [0, 0.05) is 6.54 Å². The molecule has 0 aliphatic carbocycles. The molecule has 0 saturated heterocycles. The molecule has 1 aromatic rings. The van der Waals surface area contributed by atoms with Crippen LogP contribution in [0.4, 0.5) is 0 Å². The van der Waals surface area contributed by atoms with E-state index in [4.69, 9.17) is 11.6 Å². The fourth-order valence-corrected chi connectivity index (χ4v) is 2.47. The summed E-state index contributed by atoms with van der Waals surface area (Å²) in [5, 5.41) is 12.4. The lowest BCUT2D eigenvalue weighted by atomic mass is 9.89. The molecule has 17 heavy (non-hydrogen) atoms. The van der Waals surface area contributed by atoms with E-state index in [2.05, 4.69) is 26.1 Å². The van der Waals surface area contributed by atoms with Crippen LogP contribution in [0.25, 0.3) is 0 Å². The van der Waals surface area contributed by atoms with Gasteiger partial charge < -0.3 is 10.4 Å². The Morgan fingerprint density at radius 3 is 2.65 bits per heavy atom. The Morgan fingerprint density at radius 1 is 1.53 bits per heavy atom. The van der Waals surface area contributed by atoms with Crippen LogP contribution in [0.15, 0.2) is 12.1 Å². The quantitative estimate of drug-likeness (QED) is 0.888. The second kappa shape index (κ2) is 5.85. The van der Waals surface area contributed by atoms with Gasteiger partial charge in [0.2, 0.25) is 0 Å². The van der Waals surface area contributed by atoms with Crippen molar-refractivity contribution in [2.24, 2.45) is 5.41 Å². The smallest absolute Gasteiger partial charge is 0.261 e. The number of aliphatic hydroxyl groups is 1. The number of rotatable bonds is 4. The zero-order valence-corrected chi connectivity index (χ0v) is 11.9. The van der Waals surface area contributed by atoms with E-state index in [0.29, 0.717) is 15.6 Å². The number of nitrogens with one attached hydrogen (secondary N) is 1. The number of hydrogen-bond donors (Lipinski definition) is 2. The van der Waals surface area contributed by atoms with Crippen LogP contribution < -0.4 is 5.32 Å². The molecule has 0 saturated carbocycles. The Hall–Kier alpha value is -0.580. The number of carbonyl (C=O) groups excluding carboxylic acids is 1. The van der Waals surface area contributed by atoms with Crippen molar-refractivity contribution in [3.8, 4) is 0 Å². The van der Waals surface area contributed by atoms with Gasteiger partial charge in [-0.25, -0.2) is 0 Å². The van der Waals surface area contributed by atoms with E-state index in [-0.39, 0.29) is 17.9 Å². The van der Waals surface area contributed by atoms with Gasteiger partial charge in [-0.3, -0.25) is 4.79 Å². The molecule has 0 aliphatic heterocycles. The first-order chi connectivity index (χ1) is 7.78. The third kappa shape index (κ3) is 5.52. The van der Waals surface area contributed by atoms with Crippen LogP contribution in [0.3, 0.4) is 0 Å². The summed E-state index contributed by atoms with van der Waals surface area (Å²) in [5.41, 5.74) is 0.0520. The fraction of sp³-hybridized carbons (Fsp3) is 0.583. The summed E-state index contributed by atoms with van der Waals surface area (Å²) in [7, 11) is 0. The van der Waals surface area contributed by atoms with E-state index in [9.17, 15) is 9.90 Å². The van der Waals surface area contributed by atoms with Crippen molar-refractivity contribution in [2.75, 3.05) is 6.54 Å². The summed E-state index contributed by atoms with van der Waals surface area (Å²) in [6.07, 6.45) is 0.132. The molecule has 1 atom stereocenters. The summed E-state index contributed by atoms with van der Waals surface area (Å²) >= 11 is 6.98. The van der Waals surface area contributed by atoms with Crippen molar-refractivity contribution in [3.05, 3.63) is 21.3 Å². The SMILES string of the molecule is CC(C)(C)CC(O)CNC(=O)c1ccc(Cl)s1. The molecule has 1 heterocycles. The molecular formula is C12H18ClNO2S. The molecule has 1 aromatic heterocycles. The van der Waals surface area contributed by atoms with Crippen molar-refractivity contribution < 1.29 is 9.90 Å². The predicted molar refractivity (Wildman–Crippen MR) is 71.7 cm³/mol. The molecule has 1 rings (SSSR count). The fourth-order valence-electron chi connectivity index (χ4n) is 1.51. The summed E-state index contributed by atoms with van der Waals surface area (Å²) in [4.78, 5) is 12.2. The highest BCUT2D eigenvalue weighted by Crippen LogP contribution is 2.22. The maximum absolute atomic E-state index is 11.7. The number of hydrogen-bond acceptors (Lipinski definition) is 3. The Labute approximate surface area is 111 Å². The third-order valence-corrected chi connectivity index (χ3v) is 3.37. The lowest BCUT2D eigenvalue weighted by Gasteiger charge is -2.22. The monoisotopic (exact) mass is 275 g/mol. The lowest BCUT2D eigenvalue weighted by molar-refractivity contribution is 0.0872. The van der Waals surface area contributed by atoms with Crippen LogP contribution in [0.2, 0.25) is 4.34 Å². The van der Waals surface area contributed by atoms with Crippen LogP contribution in [-0.2, 0) is 0 Å². The maximum atomic E-state index is 11.7. The largest absolute Gasteiger partial charge is 0.391 e. The van der Waals surface area contributed by atoms with Crippen molar-refractivity contribution in [2.45, 2.75) is 33.3 Å². The van der Waals surface area contributed by atoms with Crippen LogP contribution in [0.5, 0.6) is 0 Å². The Morgan fingerprint density at radius 2 is 2.18 bits per heavy atom. The number of carbonyl (C=O) groups is 1. The van der Waals surface area contributed by atoms with E-state index >= 15 is 0 Å². The van der Waals surface area contributed by atoms with Crippen LogP contribution >= 0.6 is 22.9 Å². The molecule has 3 nitrogen and oxygen atoms in total. The van der Waals surface area contributed by atoms with Crippen LogP contribution in [0, 0.1) is 5.41 Å². The lowest BCUT2D eigenvalue weighted by Crippen LogP contribution is -2.33. The number of aliphatic hydroxyl groups excluding tert-OH is 1. The number of amides is 1. The summed E-state index contributed by atoms with van der Waals surface area (Å²) in [6, 6.07) is 3.37. The van der Waals surface area contributed by atoms with E-state index in [1.165, 1.54) is 11.3 Å². The van der Waals surface area contributed by atoms with Gasteiger partial charge in [0.15, 0.2) is 0 Å². The van der Waals surface area contributed by atoms with Crippen molar-refractivity contribution >= 4 is 28.8 Å². The second-order valence-corrected chi connectivity index (χ2v) is 6.95. The molecular weight excluding hydrogens is 258 g/mol. The molecule has 1 unspecified atom stereocenters. The summed E-state index contributed by atoms with van der Waals surface area (Å²) in [5.74, 6) is -0.185. The number of thiophene rings is 1. The van der Waals surface area contributed by atoms with Crippen molar-refractivity contribution in [1.29, 1.82) is 0 Å². The van der Waals surface area contributed by atoms with Crippen molar-refractivity contribution in [3.63, 3.8) is 0 Å². The molecule has 1 amide bonds. The zero-order valence-electron chi connectivity index (χ0n) is 10.3. The van der Waals surface area contributed by atoms with Gasteiger partial charge in [-0.05, 0) is 24.0 Å². The van der Waals surface area contributed by atoms with E-state index in [1.54, 1.807) is 12.1 Å². The predicted octanol–water partition coefficient (Wildman–Crippen LogP) is 2.93. The maximum Gasteiger partial charge on any atom is 0.261 e. The topological polar surface area (TPSA) is 49.3 Å². The average Bonchev–Trinajstić information content (AvgIpc) is 2.58. The highest BCUT2D eigenvalue weighted by Gasteiger charge is 2.17. The minimum Gasteiger partial charge on any atom is -0.391 e. The summed E-state index contributed by atoms with van der Waals surface area (Å²) in [6.45, 7) is 6.43. The average molecular weight is 276 g/mol. The number of halogens is 1. The normalized spacial score (nSPS) is 13.5. The standard InChI is InChI=1S/C12H18ClNO2S/c1-12(2,3)6-8(15)7-14-11(16)9-4-5-10(13)17-9/h4-5,8,15H,6-7H2,1-3H3,(H,14,16). The van der Waals surface area contributed by atoms with Crippen molar-refractivity contribution in [1.82, 2.24) is 5.32 Å². The minimum absolute atomic E-state index is 0.0520. The minimum atomic E-state index is -0.519. The highest BCUT2D eigenvalue weighted by molar-refractivity contribution is 7.17. The molecule has 0 radical (unpaired) electrons. The van der Waals surface area contributed by atoms with Gasteiger partial charge in [-0.2, -0.15) is 0 Å². The molecule has 0 spiro atoms. The van der Waals surface area contributed by atoms with Gasteiger partial charge in [0.25, 0.3) is 5.91 Å². The molecule has 0 fully saturated rings. The van der Waals surface area contributed by atoms with Crippen LogP contribution in [-0.4, -0.2) is 23.7 Å². The first kappa shape index (κ1) is 14.5. The molecule has 0 aromatic carbocycles. The van der Waals surface area contributed by atoms with Gasteiger partial charge in [0.05, 0.1) is 15.3 Å². The molecule has 96 valence electrons. The van der Waals surface area contributed by atoms with Gasteiger partial charge >= 0.3 is 0 Å². The second-order valence-electron chi connectivity index (χ2n) is 5.23.